The molecule has 1 aromatic carbocycles. The van der Waals surface area contributed by atoms with Gasteiger partial charge < -0.3 is 14.6 Å². The van der Waals surface area contributed by atoms with Gasteiger partial charge in [0.25, 0.3) is 0 Å². The van der Waals surface area contributed by atoms with Crippen LogP contribution in [0.5, 0.6) is 5.75 Å². The van der Waals surface area contributed by atoms with Gasteiger partial charge in [-0.2, -0.15) is 0 Å². The molecule has 1 aromatic rings. The van der Waals surface area contributed by atoms with Crippen LogP contribution in [0.25, 0.3) is 0 Å². The Morgan fingerprint density at radius 1 is 1.18 bits per heavy atom. The van der Waals surface area contributed by atoms with E-state index in [2.05, 4.69) is 0 Å². The van der Waals surface area contributed by atoms with Crippen molar-refractivity contribution >= 4 is 0 Å². The summed E-state index contributed by atoms with van der Waals surface area (Å²) in [6, 6.07) is 6.78. The molecular formula is C8H8O3. The van der Waals surface area contributed by atoms with Gasteiger partial charge in [0.15, 0.2) is 13.1 Å². The van der Waals surface area contributed by atoms with Crippen LogP contribution in [0.4, 0.5) is 0 Å². The van der Waals surface area contributed by atoms with Gasteiger partial charge in [-0.1, -0.05) is 12.1 Å². The van der Waals surface area contributed by atoms with Gasteiger partial charge in [-0.3, -0.25) is 0 Å². The Labute approximate surface area is 64.2 Å². The second-order valence-electron chi connectivity index (χ2n) is 2.37. The van der Waals surface area contributed by atoms with Crippen molar-refractivity contribution < 1.29 is 14.6 Å². The van der Waals surface area contributed by atoms with Crippen LogP contribution < -0.4 is 0 Å². The van der Waals surface area contributed by atoms with Gasteiger partial charge in [0.1, 0.15) is 5.75 Å². The highest BCUT2D eigenvalue weighted by Crippen LogP contribution is 2.26. The predicted molar refractivity (Wildman–Crippen MR) is 37.9 cm³/mol. The lowest BCUT2D eigenvalue weighted by atomic mass is 10.2. The molecule has 0 unspecified atom stereocenters. The standard InChI is InChI=1S/C8H8O3/c9-7-3-1-6(2-4-7)8-10-5-11-8/h1-4,8-9H,5H2. The minimum atomic E-state index is -0.226. The molecule has 1 fully saturated rings. The van der Waals surface area contributed by atoms with Crippen LogP contribution in [0.15, 0.2) is 24.3 Å². The smallest absolute Gasteiger partial charge is 0.189 e. The zero-order chi connectivity index (χ0) is 7.68. The van der Waals surface area contributed by atoms with E-state index in [9.17, 15) is 0 Å². The summed E-state index contributed by atoms with van der Waals surface area (Å²) in [5.74, 6) is 0.257. The summed E-state index contributed by atoms with van der Waals surface area (Å²) < 4.78 is 10.1. The molecule has 1 aliphatic heterocycles. The van der Waals surface area contributed by atoms with Crippen molar-refractivity contribution in [2.45, 2.75) is 6.29 Å². The summed E-state index contributed by atoms with van der Waals surface area (Å²) in [6.45, 7) is 0.367. The summed E-state index contributed by atoms with van der Waals surface area (Å²) in [5.41, 5.74) is 0.939. The van der Waals surface area contributed by atoms with Crippen molar-refractivity contribution in [1.29, 1.82) is 0 Å². The first kappa shape index (κ1) is 6.64. The first-order chi connectivity index (χ1) is 5.36. The van der Waals surface area contributed by atoms with Crippen molar-refractivity contribution in [3.63, 3.8) is 0 Å². The zero-order valence-corrected chi connectivity index (χ0v) is 5.86. The van der Waals surface area contributed by atoms with E-state index in [1.807, 2.05) is 0 Å². The first-order valence-corrected chi connectivity index (χ1v) is 3.38. The molecule has 2 rings (SSSR count). The van der Waals surface area contributed by atoms with E-state index < -0.39 is 0 Å². The minimum absolute atomic E-state index is 0.226. The highest BCUT2D eigenvalue weighted by molar-refractivity contribution is 5.26. The Hall–Kier alpha value is -1.06. The van der Waals surface area contributed by atoms with E-state index in [0.717, 1.165) is 5.56 Å². The molecule has 0 spiro atoms. The fraction of sp³-hybridized carbons (Fsp3) is 0.250. The molecular weight excluding hydrogens is 144 g/mol. The molecule has 0 amide bonds. The summed E-state index contributed by atoms with van der Waals surface area (Å²) in [5, 5.41) is 8.95. The average molecular weight is 152 g/mol. The van der Waals surface area contributed by atoms with Crippen molar-refractivity contribution in [3.05, 3.63) is 29.8 Å². The van der Waals surface area contributed by atoms with Gasteiger partial charge >= 0.3 is 0 Å². The number of rotatable bonds is 1. The Kier molecular flexibility index (Phi) is 1.52. The summed E-state index contributed by atoms with van der Waals surface area (Å²) in [7, 11) is 0. The zero-order valence-electron chi connectivity index (χ0n) is 5.86. The van der Waals surface area contributed by atoms with E-state index in [1.165, 1.54) is 0 Å². The Balaban J connectivity index is 2.18. The third kappa shape index (κ3) is 1.20. The summed E-state index contributed by atoms with van der Waals surface area (Å²) in [4.78, 5) is 0. The highest BCUT2D eigenvalue weighted by atomic mass is 16.8. The predicted octanol–water partition coefficient (Wildman–Crippen LogP) is 1.40. The van der Waals surface area contributed by atoms with Gasteiger partial charge in [0.05, 0.1) is 0 Å². The van der Waals surface area contributed by atoms with Crippen molar-refractivity contribution in [1.82, 2.24) is 0 Å². The lowest BCUT2D eigenvalue weighted by Gasteiger charge is -2.26. The maximum absolute atomic E-state index is 8.95. The number of phenolic OH excluding ortho intramolecular Hbond substituents is 1. The Morgan fingerprint density at radius 3 is 2.27 bits per heavy atom. The minimum Gasteiger partial charge on any atom is -0.508 e. The van der Waals surface area contributed by atoms with Gasteiger partial charge in [0.2, 0.25) is 0 Å². The number of benzene rings is 1. The van der Waals surface area contributed by atoms with Crippen molar-refractivity contribution in [2.75, 3.05) is 6.79 Å². The summed E-state index contributed by atoms with van der Waals surface area (Å²) >= 11 is 0. The largest absolute Gasteiger partial charge is 0.508 e. The monoisotopic (exact) mass is 152 g/mol. The fourth-order valence-corrected chi connectivity index (χ4v) is 0.960. The van der Waals surface area contributed by atoms with Gasteiger partial charge in [-0.25, -0.2) is 0 Å². The molecule has 0 saturated carbocycles. The number of phenols is 1. The molecule has 0 aromatic heterocycles. The highest BCUT2D eigenvalue weighted by Gasteiger charge is 2.20. The molecule has 1 heterocycles. The molecule has 1 aliphatic rings. The number of ether oxygens (including phenoxy) is 2. The molecule has 11 heavy (non-hydrogen) atoms. The van der Waals surface area contributed by atoms with Gasteiger partial charge in [-0.15, -0.1) is 0 Å². The SMILES string of the molecule is Oc1ccc(C2OCO2)cc1. The third-order valence-corrected chi connectivity index (χ3v) is 1.60. The van der Waals surface area contributed by atoms with Crippen molar-refractivity contribution in [3.8, 4) is 5.75 Å². The molecule has 0 bridgehead atoms. The van der Waals surface area contributed by atoms with E-state index in [1.54, 1.807) is 24.3 Å². The van der Waals surface area contributed by atoms with Crippen molar-refractivity contribution in [2.24, 2.45) is 0 Å². The molecule has 58 valence electrons. The Morgan fingerprint density at radius 2 is 1.82 bits per heavy atom. The van der Waals surface area contributed by atoms with Gasteiger partial charge in [-0.05, 0) is 12.1 Å². The van der Waals surface area contributed by atoms with Crippen LogP contribution in [-0.4, -0.2) is 11.9 Å². The lowest BCUT2D eigenvalue weighted by Crippen LogP contribution is -2.21. The second kappa shape index (κ2) is 2.53. The van der Waals surface area contributed by atoms with Crippen LogP contribution in [0.2, 0.25) is 0 Å². The van der Waals surface area contributed by atoms with Crippen LogP contribution in [0, 0.1) is 0 Å². The lowest BCUT2D eigenvalue weighted by molar-refractivity contribution is -0.326. The number of hydrogen-bond donors (Lipinski definition) is 1. The third-order valence-electron chi connectivity index (χ3n) is 1.60. The van der Waals surface area contributed by atoms with Crippen LogP contribution in [0.3, 0.4) is 0 Å². The van der Waals surface area contributed by atoms with E-state index in [4.69, 9.17) is 14.6 Å². The first-order valence-electron chi connectivity index (χ1n) is 3.38. The van der Waals surface area contributed by atoms with Crippen LogP contribution in [0.1, 0.15) is 11.9 Å². The molecule has 0 aliphatic carbocycles. The average Bonchev–Trinajstić information content (AvgIpc) is 1.90. The van der Waals surface area contributed by atoms with E-state index >= 15 is 0 Å². The number of aromatic hydroxyl groups is 1. The molecule has 1 saturated heterocycles. The van der Waals surface area contributed by atoms with E-state index in [-0.39, 0.29) is 12.0 Å². The second-order valence-corrected chi connectivity index (χ2v) is 2.37. The van der Waals surface area contributed by atoms with Crippen LogP contribution in [-0.2, 0) is 9.47 Å². The fourth-order valence-electron chi connectivity index (χ4n) is 0.960. The summed E-state index contributed by atoms with van der Waals surface area (Å²) in [6.07, 6.45) is -0.226. The molecule has 3 heteroatoms. The van der Waals surface area contributed by atoms with Gasteiger partial charge in [0, 0.05) is 5.56 Å². The molecule has 3 nitrogen and oxygen atoms in total. The molecule has 1 N–H and O–H groups in total. The van der Waals surface area contributed by atoms with Crippen LogP contribution >= 0.6 is 0 Å². The molecule has 0 radical (unpaired) electrons. The Bertz CT molecular complexity index is 238. The quantitative estimate of drug-likeness (QED) is 0.661. The maximum atomic E-state index is 8.95. The number of hydrogen-bond acceptors (Lipinski definition) is 3. The van der Waals surface area contributed by atoms with E-state index in [0.29, 0.717) is 6.79 Å². The normalized spacial score (nSPS) is 17.8. The maximum Gasteiger partial charge on any atom is 0.189 e. The topological polar surface area (TPSA) is 38.7 Å². The molecule has 0 atom stereocenters.